The van der Waals surface area contributed by atoms with Crippen molar-refractivity contribution in [3.05, 3.63) is 23.8 Å². The first-order valence-electron chi connectivity index (χ1n) is 19.4. The van der Waals surface area contributed by atoms with Gasteiger partial charge in [-0.2, -0.15) is 0 Å². The highest BCUT2D eigenvalue weighted by Crippen LogP contribution is 2.42. The maximum absolute atomic E-state index is 14.0. The quantitative estimate of drug-likeness (QED) is 0.161. The number of carbonyl (C=O) groups is 2. The van der Waals surface area contributed by atoms with Crippen LogP contribution in [0.25, 0.3) is 0 Å². The van der Waals surface area contributed by atoms with Crippen molar-refractivity contribution in [1.82, 2.24) is 15.1 Å². The predicted octanol–water partition coefficient (Wildman–Crippen LogP) is 6.95. The molecule has 4 atom stereocenters. The third-order valence-corrected chi connectivity index (χ3v) is 10.5. The van der Waals surface area contributed by atoms with E-state index in [4.69, 9.17) is 28.4 Å². The maximum Gasteiger partial charge on any atom is 0.412 e. The normalized spacial score (nSPS) is 20.9. The van der Waals surface area contributed by atoms with E-state index in [1.54, 1.807) is 19.1 Å². The van der Waals surface area contributed by atoms with Crippen molar-refractivity contribution in [1.29, 1.82) is 0 Å². The Labute approximate surface area is 314 Å². The summed E-state index contributed by atoms with van der Waals surface area (Å²) in [5.74, 6) is 1.66. The van der Waals surface area contributed by atoms with Crippen LogP contribution in [0, 0.1) is 23.7 Å². The lowest BCUT2D eigenvalue weighted by Crippen LogP contribution is -2.56. The first kappa shape index (κ1) is 43.8. The first-order chi connectivity index (χ1) is 24.3. The van der Waals surface area contributed by atoms with Crippen LogP contribution in [0.3, 0.4) is 0 Å². The predicted molar refractivity (Wildman–Crippen MR) is 205 cm³/mol. The van der Waals surface area contributed by atoms with Gasteiger partial charge in [0.1, 0.15) is 11.3 Å². The van der Waals surface area contributed by atoms with E-state index in [0.717, 1.165) is 31.5 Å². The van der Waals surface area contributed by atoms with Crippen LogP contribution >= 0.6 is 0 Å². The Kier molecular flexibility index (Phi) is 16.1. The van der Waals surface area contributed by atoms with Crippen molar-refractivity contribution >= 4 is 12.0 Å². The zero-order valence-electron chi connectivity index (χ0n) is 34.6. The monoisotopic (exact) mass is 734 g/mol. The van der Waals surface area contributed by atoms with Gasteiger partial charge in [-0.25, -0.2) is 4.79 Å². The van der Waals surface area contributed by atoms with Gasteiger partial charge in [-0.15, -0.1) is 0 Å². The number of benzene rings is 1. The van der Waals surface area contributed by atoms with Crippen LogP contribution in [0.5, 0.6) is 11.5 Å². The van der Waals surface area contributed by atoms with Crippen molar-refractivity contribution in [3.8, 4) is 11.5 Å². The van der Waals surface area contributed by atoms with Gasteiger partial charge in [0.15, 0.2) is 11.5 Å². The smallest absolute Gasteiger partial charge is 0.412 e. The second kappa shape index (κ2) is 19.1. The van der Waals surface area contributed by atoms with Crippen LogP contribution in [0.1, 0.15) is 101 Å². The highest BCUT2D eigenvalue weighted by molar-refractivity contribution is 5.79. The molecule has 1 N–H and O–H groups in total. The number of methoxy groups -OCH3 is 2. The molecule has 0 bridgehead atoms. The summed E-state index contributed by atoms with van der Waals surface area (Å²) in [5.41, 5.74) is -0.686. The first-order valence-corrected chi connectivity index (χ1v) is 19.4. The third kappa shape index (κ3) is 12.5. The molecule has 2 saturated heterocycles. The van der Waals surface area contributed by atoms with Crippen molar-refractivity contribution in [3.63, 3.8) is 0 Å². The van der Waals surface area contributed by atoms with Crippen LogP contribution in [0.4, 0.5) is 4.79 Å². The van der Waals surface area contributed by atoms with Crippen molar-refractivity contribution < 1.29 is 38.0 Å². The van der Waals surface area contributed by atoms with Gasteiger partial charge in [0.2, 0.25) is 5.91 Å². The van der Waals surface area contributed by atoms with Crippen LogP contribution < -0.4 is 14.8 Å². The summed E-state index contributed by atoms with van der Waals surface area (Å²) in [6.45, 7) is 27.3. The maximum atomic E-state index is 14.0. The zero-order chi connectivity index (χ0) is 38.9. The lowest BCUT2D eigenvalue weighted by molar-refractivity contribution is -0.130. The SMILES string of the molecule is COCCCOc1cc(C[C@@H](C[C@H]2[C@H](C[C@H](C(=O)NCC(C)(C)N3CCOCC3)C(C)C)OC(C)(C)N2C(=O)OC(C)(C)C)C(C)C)ccc1OC. The number of hydrogen-bond donors (Lipinski definition) is 1. The van der Waals surface area contributed by atoms with Crippen molar-refractivity contribution in [2.45, 2.75) is 131 Å². The summed E-state index contributed by atoms with van der Waals surface area (Å²) in [6.07, 6.45) is 1.94. The molecule has 0 aliphatic carbocycles. The lowest BCUT2D eigenvalue weighted by Gasteiger charge is -2.41. The Morgan fingerprint density at radius 1 is 0.962 bits per heavy atom. The summed E-state index contributed by atoms with van der Waals surface area (Å²) < 4.78 is 35.3. The minimum atomic E-state index is -0.932. The van der Waals surface area contributed by atoms with Crippen LogP contribution in [0.2, 0.25) is 0 Å². The van der Waals surface area contributed by atoms with Gasteiger partial charge in [-0.3, -0.25) is 14.6 Å². The second-order valence-electron chi connectivity index (χ2n) is 17.4. The van der Waals surface area contributed by atoms with Gasteiger partial charge in [-0.1, -0.05) is 33.8 Å². The van der Waals surface area contributed by atoms with Gasteiger partial charge < -0.3 is 33.7 Å². The van der Waals surface area contributed by atoms with Crippen LogP contribution in [-0.2, 0) is 30.2 Å². The Balaban J connectivity index is 1.90. The van der Waals surface area contributed by atoms with E-state index in [1.807, 2.05) is 40.7 Å². The molecular formula is C41H71N3O8. The highest BCUT2D eigenvalue weighted by Gasteiger charge is 2.52. The molecule has 11 heteroatoms. The highest BCUT2D eigenvalue weighted by atomic mass is 16.6. The molecule has 0 saturated carbocycles. The summed E-state index contributed by atoms with van der Waals surface area (Å²) >= 11 is 0. The molecule has 52 heavy (non-hydrogen) atoms. The van der Waals surface area contributed by atoms with E-state index in [-0.39, 0.29) is 41.3 Å². The van der Waals surface area contributed by atoms with Gasteiger partial charge in [0.05, 0.1) is 39.1 Å². The fraction of sp³-hybridized carbons (Fsp3) is 0.805. The second-order valence-corrected chi connectivity index (χ2v) is 17.4. The molecule has 3 rings (SSSR count). The molecule has 0 unspecified atom stereocenters. The van der Waals surface area contributed by atoms with Crippen LogP contribution in [-0.4, -0.2) is 111 Å². The van der Waals surface area contributed by atoms with Gasteiger partial charge >= 0.3 is 6.09 Å². The summed E-state index contributed by atoms with van der Waals surface area (Å²) in [6, 6.07) is 5.81. The largest absolute Gasteiger partial charge is 0.493 e. The topological polar surface area (TPSA) is 108 Å². The molecule has 0 radical (unpaired) electrons. The fourth-order valence-electron chi connectivity index (χ4n) is 7.40. The summed E-state index contributed by atoms with van der Waals surface area (Å²) in [7, 11) is 3.33. The third-order valence-electron chi connectivity index (χ3n) is 10.5. The number of nitrogens with one attached hydrogen (secondary N) is 1. The number of hydrogen-bond acceptors (Lipinski definition) is 9. The van der Waals surface area contributed by atoms with E-state index >= 15 is 0 Å². The molecule has 1 aromatic rings. The number of rotatable bonds is 18. The molecule has 298 valence electrons. The standard InChI is InChI=1S/C41H71N3O8/c1-28(2)31(23-30-15-16-34(48-13)36(24-30)50-20-14-19-47-12)25-33-35(51-41(10,11)44(33)38(46)52-39(5,6)7)26-32(29(3)4)37(45)42-27-40(8,9)43-17-21-49-22-18-43/h15-16,24,28-29,31-33,35H,14,17-23,25-27H2,1-13H3,(H,42,45)/t31-,32-,33-,35-/m0/s1. The summed E-state index contributed by atoms with van der Waals surface area (Å²) in [4.78, 5) is 32.2. The van der Waals surface area contributed by atoms with E-state index < -0.39 is 17.4 Å². The molecule has 1 aromatic carbocycles. The molecule has 2 aliphatic heterocycles. The van der Waals surface area contributed by atoms with E-state index in [2.05, 4.69) is 63.9 Å². The average Bonchev–Trinajstić information content (AvgIpc) is 3.32. The number of morpholine rings is 1. The Bertz CT molecular complexity index is 1270. The van der Waals surface area contributed by atoms with Crippen LogP contribution in [0.15, 0.2) is 18.2 Å². The lowest BCUT2D eigenvalue weighted by atomic mass is 9.80. The van der Waals surface area contributed by atoms with E-state index in [1.165, 1.54) is 0 Å². The zero-order valence-corrected chi connectivity index (χ0v) is 34.6. The molecule has 0 spiro atoms. The number of amides is 2. The van der Waals surface area contributed by atoms with Gasteiger partial charge in [-0.05, 0) is 103 Å². The molecule has 0 aromatic heterocycles. The molecule has 2 fully saturated rings. The number of carbonyl (C=O) groups excluding carboxylic acids is 2. The number of ether oxygens (including phenoxy) is 6. The van der Waals surface area contributed by atoms with Gasteiger partial charge in [0, 0.05) is 51.2 Å². The average molecular weight is 734 g/mol. The fourth-order valence-corrected chi connectivity index (χ4v) is 7.40. The Hall–Kier alpha value is -2.60. The van der Waals surface area contributed by atoms with E-state index in [0.29, 0.717) is 63.2 Å². The Morgan fingerprint density at radius 3 is 2.21 bits per heavy atom. The number of nitrogens with zero attached hydrogens (tertiary/aromatic N) is 2. The minimum absolute atomic E-state index is 0.0175. The van der Waals surface area contributed by atoms with E-state index in [9.17, 15) is 9.59 Å². The van der Waals surface area contributed by atoms with Crippen molar-refractivity contribution in [2.75, 3.05) is 60.3 Å². The molecule has 2 amide bonds. The van der Waals surface area contributed by atoms with Crippen molar-refractivity contribution in [2.24, 2.45) is 23.7 Å². The Morgan fingerprint density at radius 2 is 1.63 bits per heavy atom. The molecule has 11 nitrogen and oxygen atoms in total. The molecular weight excluding hydrogens is 662 g/mol. The van der Waals surface area contributed by atoms with Gasteiger partial charge in [0.25, 0.3) is 0 Å². The summed E-state index contributed by atoms with van der Waals surface area (Å²) in [5, 5.41) is 3.29. The molecule has 2 heterocycles. The molecule has 2 aliphatic rings. The minimum Gasteiger partial charge on any atom is -0.493 e.